The third kappa shape index (κ3) is 1.84. The summed E-state index contributed by atoms with van der Waals surface area (Å²) >= 11 is 0. The van der Waals surface area contributed by atoms with Crippen LogP contribution in [0.15, 0.2) is 11.1 Å². The predicted molar refractivity (Wildman–Crippen MR) is 49.6 cm³/mol. The van der Waals surface area contributed by atoms with Crippen LogP contribution in [0.1, 0.15) is 34.1 Å². The van der Waals surface area contributed by atoms with Crippen LogP contribution in [0, 0.1) is 5.41 Å². The Morgan fingerprint density at radius 1 is 1.27 bits per heavy atom. The molecule has 0 aromatic heterocycles. The summed E-state index contributed by atoms with van der Waals surface area (Å²) in [6.45, 7) is 11.4. The molecule has 0 aromatic carbocycles. The second-order valence-electron chi connectivity index (χ2n) is 4.29. The highest BCUT2D eigenvalue weighted by Gasteiger charge is 2.23. The Morgan fingerprint density at radius 3 is 2.27 bits per heavy atom. The number of hydrogen-bond acceptors (Lipinski definition) is 1. The first-order valence-electron chi connectivity index (χ1n) is 4.47. The van der Waals surface area contributed by atoms with Crippen molar-refractivity contribution in [2.75, 3.05) is 13.1 Å². The molecule has 1 rings (SSSR count). The van der Waals surface area contributed by atoms with Crippen molar-refractivity contribution in [3.63, 3.8) is 0 Å². The van der Waals surface area contributed by atoms with E-state index in [-0.39, 0.29) is 0 Å². The number of rotatable bonds is 1. The van der Waals surface area contributed by atoms with Crippen LogP contribution in [0.5, 0.6) is 0 Å². The molecule has 0 aromatic rings. The highest BCUT2D eigenvalue weighted by molar-refractivity contribution is 5.26. The maximum atomic E-state index is 3.41. The lowest BCUT2D eigenvalue weighted by Crippen LogP contribution is -2.16. The molecule has 1 aliphatic rings. The molecule has 0 atom stereocenters. The summed E-state index contributed by atoms with van der Waals surface area (Å²) in [6.07, 6.45) is 1.21. The van der Waals surface area contributed by atoms with Gasteiger partial charge >= 0.3 is 0 Å². The van der Waals surface area contributed by atoms with E-state index in [1.54, 1.807) is 11.1 Å². The molecule has 1 N–H and O–H groups in total. The van der Waals surface area contributed by atoms with Gasteiger partial charge in [0.2, 0.25) is 0 Å². The predicted octanol–water partition coefficient (Wildman–Crippen LogP) is 2.34. The molecule has 1 aliphatic heterocycles. The van der Waals surface area contributed by atoms with Crippen LogP contribution in [-0.4, -0.2) is 13.1 Å². The van der Waals surface area contributed by atoms with Crippen LogP contribution >= 0.6 is 0 Å². The standard InChI is InChI=1S/C10H19N/c1-5-8-6-11-7-9(8)10(2,3)4/h11H,5-7H2,1-4H3. The Hall–Kier alpha value is -0.300. The van der Waals surface area contributed by atoms with Crippen LogP contribution < -0.4 is 5.32 Å². The van der Waals surface area contributed by atoms with Gasteiger partial charge < -0.3 is 5.32 Å². The first kappa shape index (κ1) is 8.79. The monoisotopic (exact) mass is 153 g/mol. The first-order valence-corrected chi connectivity index (χ1v) is 4.47. The Balaban J connectivity index is 2.83. The molecule has 11 heavy (non-hydrogen) atoms. The maximum Gasteiger partial charge on any atom is 0.0176 e. The van der Waals surface area contributed by atoms with Crippen molar-refractivity contribution in [2.45, 2.75) is 34.1 Å². The molecule has 64 valence electrons. The number of hydrogen-bond donors (Lipinski definition) is 1. The highest BCUT2D eigenvalue weighted by atomic mass is 14.9. The van der Waals surface area contributed by atoms with Crippen molar-refractivity contribution in [1.82, 2.24) is 5.32 Å². The molecule has 1 nitrogen and oxygen atoms in total. The van der Waals surface area contributed by atoms with Gasteiger partial charge in [-0.2, -0.15) is 0 Å². The average Bonchev–Trinajstić information content (AvgIpc) is 2.31. The van der Waals surface area contributed by atoms with Crippen LogP contribution in [0.4, 0.5) is 0 Å². The van der Waals surface area contributed by atoms with Gasteiger partial charge in [0.05, 0.1) is 0 Å². The Morgan fingerprint density at radius 2 is 1.91 bits per heavy atom. The molecule has 0 saturated heterocycles. The van der Waals surface area contributed by atoms with Crippen LogP contribution in [-0.2, 0) is 0 Å². The van der Waals surface area contributed by atoms with Crippen molar-refractivity contribution < 1.29 is 0 Å². The van der Waals surface area contributed by atoms with Gasteiger partial charge in [-0.05, 0) is 11.8 Å². The molecule has 1 heteroatoms. The van der Waals surface area contributed by atoms with Crippen molar-refractivity contribution in [2.24, 2.45) is 5.41 Å². The summed E-state index contributed by atoms with van der Waals surface area (Å²) < 4.78 is 0. The fraction of sp³-hybridized carbons (Fsp3) is 0.800. The van der Waals surface area contributed by atoms with Gasteiger partial charge in [-0.1, -0.05) is 38.8 Å². The summed E-state index contributed by atoms with van der Waals surface area (Å²) in [5.41, 5.74) is 3.62. The van der Waals surface area contributed by atoms with Crippen molar-refractivity contribution in [3.8, 4) is 0 Å². The molecular formula is C10H19N. The van der Waals surface area contributed by atoms with E-state index in [1.165, 1.54) is 6.42 Å². The minimum Gasteiger partial charge on any atom is -0.309 e. The zero-order valence-corrected chi connectivity index (χ0v) is 8.12. The minimum atomic E-state index is 0.370. The maximum absolute atomic E-state index is 3.41. The summed E-state index contributed by atoms with van der Waals surface area (Å²) in [5, 5.41) is 3.41. The van der Waals surface area contributed by atoms with E-state index in [2.05, 4.69) is 33.0 Å². The minimum absolute atomic E-state index is 0.370. The van der Waals surface area contributed by atoms with E-state index in [1.807, 2.05) is 0 Å². The van der Waals surface area contributed by atoms with E-state index in [9.17, 15) is 0 Å². The zero-order chi connectivity index (χ0) is 8.48. The molecule has 0 aliphatic carbocycles. The van der Waals surface area contributed by atoms with Crippen LogP contribution in [0.3, 0.4) is 0 Å². The van der Waals surface area contributed by atoms with Gasteiger partial charge in [0.15, 0.2) is 0 Å². The SMILES string of the molecule is CCC1=C(C(C)(C)C)CNC1. The Kier molecular flexibility index (Phi) is 2.38. The van der Waals surface area contributed by atoms with Crippen LogP contribution in [0.2, 0.25) is 0 Å². The quantitative estimate of drug-likeness (QED) is 0.570. The molecule has 0 bridgehead atoms. The Labute approximate surface area is 69.9 Å². The van der Waals surface area contributed by atoms with E-state index in [4.69, 9.17) is 0 Å². The van der Waals surface area contributed by atoms with Crippen LogP contribution in [0.25, 0.3) is 0 Å². The van der Waals surface area contributed by atoms with Gasteiger partial charge in [0, 0.05) is 13.1 Å². The zero-order valence-electron chi connectivity index (χ0n) is 8.12. The lowest BCUT2D eigenvalue weighted by Gasteiger charge is -2.21. The lowest BCUT2D eigenvalue weighted by molar-refractivity contribution is 0.491. The molecule has 0 spiro atoms. The normalized spacial score (nSPS) is 19.6. The molecule has 0 unspecified atom stereocenters. The molecule has 0 saturated carbocycles. The van der Waals surface area contributed by atoms with Gasteiger partial charge in [-0.25, -0.2) is 0 Å². The Bertz CT molecular complexity index is 172. The van der Waals surface area contributed by atoms with E-state index in [0.29, 0.717) is 5.41 Å². The first-order chi connectivity index (χ1) is 5.05. The van der Waals surface area contributed by atoms with E-state index < -0.39 is 0 Å². The molecule has 0 radical (unpaired) electrons. The van der Waals surface area contributed by atoms with Gasteiger partial charge in [0.25, 0.3) is 0 Å². The lowest BCUT2D eigenvalue weighted by atomic mass is 9.84. The van der Waals surface area contributed by atoms with Gasteiger partial charge in [-0.3, -0.25) is 0 Å². The van der Waals surface area contributed by atoms with E-state index in [0.717, 1.165) is 13.1 Å². The van der Waals surface area contributed by atoms with Crippen molar-refractivity contribution >= 4 is 0 Å². The van der Waals surface area contributed by atoms with Crippen molar-refractivity contribution in [1.29, 1.82) is 0 Å². The van der Waals surface area contributed by atoms with Gasteiger partial charge in [-0.15, -0.1) is 0 Å². The summed E-state index contributed by atoms with van der Waals surface area (Å²) in [6, 6.07) is 0. The highest BCUT2D eigenvalue weighted by Crippen LogP contribution is 2.30. The topological polar surface area (TPSA) is 12.0 Å². The fourth-order valence-electron chi connectivity index (χ4n) is 1.70. The third-order valence-corrected chi connectivity index (χ3v) is 2.40. The molecule has 0 amide bonds. The summed E-state index contributed by atoms with van der Waals surface area (Å²) in [5.74, 6) is 0. The summed E-state index contributed by atoms with van der Waals surface area (Å²) in [4.78, 5) is 0. The fourth-order valence-corrected chi connectivity index (χ4v) is 1.70. The number of nitrogens with one attached hydrogen (secondary N) is 1. The smallest absolute Gasteiger partial charge is 0.0176 e. The average molecular weight is 153 g/mol. The second kappa shape index (κ2) is 2.98. The van der Waals surface area contributed by atoms with Gasteiger partial charge in [0.1, 0.15) is 0 Å². The largest absolute Gasteiger partial charge is 0.309 e. The molecule has 0 fully saturated rings. The second-order valence-corrected chi connectivity index (χ2v) is 4.29. The summed E-state index contributed by atoms with van der Waals surface area (Å²) in [7, 11) is 0. The third-order valence-electron chi connectivity index (χ3n) is 2.40. The van der Waals surface area contributed by atoms with E-state index >= 15 is 0 Å². The molecule has 1 heterocycles. The molecular weight excluding hydrogens is 134 g/mol. The van der Waals surface area contributed by atoms with Crippen molar-refractivity contribution in [3.05, 3.63) is 11.1 Å².